The van der Waals surface area contributed by atoms with Gasteiger partial charge in [-0.2, -0.15) is 0 Å². The lowest BCUT2D eigenvalue weighted by atomic mass is 10.1. The van der Waals surface area contributed by atoms with Crippen LogP contribution in [0, 0.1) is 0 Å². The van der Waals surface area contributed by atoms with E-state index in [1.54, 1.807) is 25.3 Å². The molecule has 0 fully saturated rings. The highest BCUT2D eigenvalue weighted by Gasteiger charge is 2.09. The Hall–Kier alpha value is -2.24. The summed E-state index contributed by atoms with van der Waals surface area (Å²) in [5.74, 6) is 0.546. The average Bonchev–Trinajstić information content (AvgIpc) is 2.54. The van der Waals surface area contributed by atoms with Crippen LogP contribution in [0.15, 0.2) is 42.5 Å². The predicted octanol–water partition coefficient (Wildman–Crippen LogP) is 3.82. The SMILES string of the molecule is COCc1ccccc1CNC(=O)Nc1cc(Cl)ccc1OC. The fourth-order valence-electron chi connectivity index (χ4n) is 2.15. The summed E-state index contributed by atoms with van der Waals surface area (Å²) >= 11 is 5.94. The predicted molar refractivity (Wildman–Crippen MR) is 91.0 cm³/mol. The van der Waals surface area contributed by atoms with Gasteiger partial charge in [0.15, 0.2) is 0 Å². The molecule has 0 atom stereocenters. The Bertz CT molecular complexity index is 677. The highest BCUT2D eigenvalue weighted by molar-refractivity contribution is 6.31. The highest BCUT2D eigenvalue weighted by atomic mass is 35.5. The second-order valence-electron chi connectivity index (χ2n) is 4.85. The van der Waals surface area contributed by atoms with Crippen LogP contribution in [0.3, 0.4) is 0 Å². The maximum absolute atomic E-state index is 12.1. The number of urea groups is 1. The minimum Gasteiger partial charge on any atom is -0.495 e. The molecule has 0 heterocycles. The third-order valence-electron chi connectivity index (χ3n) is 3.27. The van der Waals surface area contributed by atoms with E-state index in [4.69, 9.17) is 21.1 Å². The number of nitrogens with one attached hydrogen (secondary N) is 2. The summed E-state index contributed by atoms with van der Waals surface area (Å²) in [6, 6.07) is 12.5. The van der Waals surface area contributed by atoms with Crippen molar-refractivity contribution >= 4 is 23.3 Å². The third kappa shape index (κ3) is 4.87. The lowest BCUT2D eigenvalue weighted by Crippen LogP contribution is -2.28. The van der Waals surface area contributed by atoms with Crippen LogP contribution in [0.1, 0.15) is 11.1 Å². The zero-order valence-electron chi connectivity index (χ0n) is 13.1. The van der Waals surface area contributed by atoms with Gasteiger partial charge < -0.3 is 20.1 Å². The number of benzene rings is 2. The van der Waals surface area contributed by atoms with Crippen molar-refractivity contribution in [3.63, 3.8) is 0 Å². The number of carbonyl (C=O) groups is 1. The van der Waals surface area contributed by atoms with Crippen molar-refractivity contribution in [3.8, 4) is 5.75 Å². The van der Waals surface area contributed by atoms with Crippen molar-refractivity contribution in [2.75, 3.05) is 19.5 Å². The van der Waals surface area contributed by atoms with Crippen LogP contribution in [0.25, 0.3) is 0 Å². The van der Waals surface area contributed by atoms with Crippen molar-refractivity contribution in [2.45, 2.75) is 13.2 Å². The highest BCUT2D eigenvalue weighted by Crippen LogP contribution is 2.27. The number of carbonyl (C=O) groups excluding carboxylic acids is 1. The van der Waals surface area contributed by atoms with E-state index in [1.165, 1.54) is 7.11 Å². The summed E-state index contributed by atoms with van der Waals surface area (Å²) in [6.45, 7) is 0.899. The molecule has 0 aromatic heterocycles. The first-order valence-corrected chi connectivity index (χ1v) is 7.46. The van der Waals surface area contributed by atoms with Gasteiger partial charge in [-0.25, -0.2) is 4.79 Å². The first-order valence-electron chi connectivity index (χ1n) is 7.08. The number of ether oxygens (including phenoxy) is 2. The van der Waals surface area contributed by atoms with Gasteiger partial charge in [-0.05, 0) is 29.3 Å². The van der Waals surface area contributed by atoms with Crippen LogP contribution in [-0.4, -0.2) is 20.3 Å². The summed E-state index contributed by atoms with van der Waals surface area (Å²) in [7, 11) is 3.18. The molecule has 6 heteroatoms. The van der Waals surface area contributed by atoms with Crippen molar-refractivity contribution in [1.82, 2.24) is 5.32 Å². The summed E-state index contributed by atoms with van der Waals surface area (Å²) in [5.41, 5.74) is 2.56. The number of hydrogen-bond acceptors (Lipinski definition) is 3. The third-order valence-corrected chi connectivity index (χ3v) is 3.50. The summed E-state index contributed by atoms with van der Waals surface area (Å²) < 4.78 is 10.4. The van der Waals surface area contributed by atoms with Gasteiger partial charge in [0.25, 0.3) is 0 Å². The molecule has 23 heavy (non-hydrogen) atoms. The molecule has 2 N–H and O–H groups in total. The molecule has 0 saturated heterocycles. The minimum absolute atomic E-state index is 0.335. The molecule has 122 valence electrons. The van der Waals surface area contributed by atoms with Gasteiger partial charge in [-0.3, -0.25) is 0 Å². The Balaban J connectivity index is 2.00. The Morgan fingerprint density at radius 1 is 1.13 bits per heavy atom. The maximum atomic E-state index is 12.1. The standard InChI is InChI=1S/C17H19ClN2O3/c1-22-11-13-6-4-3-5-12(13)10-19-17(21)20-15-9-14(18)7-8-16(15)23-2/h3-9H,10-11H2,1-2H3,(H2,19,20,21). The average molecular weight is 335 g/mol. The topological polar surface area (TPSA) is 59.6 Å². The van der Waals surface area contributed by atoms with Crippen LogP contribution in [0.5, 0.6) is 5.75 Å². The van der Waals surface area contributed by atoms with E-state index in [2.05, 4.69) is 10.6 Å². The van der Waals surface area contributed by atoms with Crippen LogP contribution in [0.2, 0.25) is 5.02 Å². The van der Waals surface area contributed by atoms with Crippen LogP contribution in [-0.2, 0) is 17.9 Å². The molecule has 0 bridgehead atoms. The summed E-state index contributed by atoms with van der Waals surface area (Å²) in [5, 5.41) is 6.07. The van der Waals surface area contributed by atoms with Gasteiger partial charge in [0.05, 0.1) is 19.4 Å². The first kappa shape index (κ1) is 17.1. The molecule has 0 saturated carbocycles. The number of hydrogen-bond donors (Lipinski definition) is 2. The quantitative estimate of drug-likeness (QED) is 0.844. The van der Waals surface area contributed by atoms with Gasteiger partial charge in [0.1, 0.15) is 5.75 Å². The number of halogens is 1. The maximum Gasteiger partial charge on any atom is 0.319 e. The second kappa shape index (κ2) is 8.41. The zero-order valence-corrected chi connectivity index (χ0v) is 13.8. The Morgan fingerprint density at radius 2 is 1.87 bits per heavy atom. The zero-order chi connectivity index (χ0) is 16.7. The van der Waals surface area contributed by atoms with Gasteiger partial charge in [0, 0.05) is 18.7 Å². The summed E-state index contributed by atoms with van der Waals surface area (Å²) in [4.78, 5) is 12.1. The van der Waals surface area contributed by atoms with Crippen LogP contribution in [0.4, 0.5) is 10.5 Å². The Morgan fingerprint density at radius 3 is 2.57 bits per heavy atom. The Labute approximate surface area is 140 Å². The number of rotatable bonds is 6. The molecule has 0 spiro atoms. The van der Waals surface area contributed by atoms with E-state index in [9.17, 15) is 4.79 Å². The fraction of sp³-hybridized carbons (Fsp3) is 0.235. The van der Waals surface area contributed by atoms with E-state index < -0.39 is 0 Å². The van der Waals surface area contributed by atoms with Gasteiger partial charge in [-0.1, -0.05) is 35.9 Å². The van der Waals surface area contributed by atoms with Crippen molar-refractivity contribution in [3.05, 3.63) is 58.6 Å². The second-order valence-corrected chi connectivity index (χ2v) is 5.29. The van der Waals surface area contributed by atoms with Crippen LogP contribution < -0.4 is 15.4 Å². The molecule has 2 rings (SSSR count). The largest absolute Gasteiger partial charge is 0.495 e. The minimum atomic E-state index is -0.335. The van der Waals surface area contributed by atoms with E-state index >= 15 is 0 Å². The lowest BCUT2D eigenvalue weighted by Gasteiger charge is -2.13. The molecule has 0 aliphatic rings. The van der Waals surface area contributed by atoms with E-state index in [0.29, 0.717) is 29.6 Å². The normalized spacial score (nSPS) is 10.2. The van der Waals surface area contributed by atoms with Crippen molar-refractivity contribution in [1.29, 1.82) is 0 Å². The molecule has 2 aromatic carbocycles. The number of methoxy groups -OCH3 is 2. The fourth-order valence-corrected chi connectivity index (χ4v) is 2.32. The molecular weight excluding hydrogens is 316 g/mol. The molecule has 0 unspecified atom stereocenters. The molecule has 2 amide bonds. The van der Waals surface area contributed by atoms with Gasteiger partial charge in [-0.15, -0.1) is 0 Å². The smallest absolute Gasteiger partial charge is 0.319 e. The lowest BCUT2D eigenvalue weighted by molar-refractivity contribution is 0.184. The first-order chi connectivity index (χ1) is 11.1. The molecule has 0 aliphatic carbocycles. The van der Waals surface area contributed by atoms with E-state index in [-0.39, 0.29) is 6.03 Å². The van der Waals surface area contributed by atoms with Crippen molar-refractivity contribution in [2.24, 2.45) is 0 Å². The van der Waals surface area contributed by atoms with Crippen molar-refractivity contribution < 1.29 is 14.3 Å². The van der Waals surface area contributed by atoms with Gasteiger partial charge >= 0.3 is 6.03 Å². The van der Waals surface area contributed by atoms with E-state index in [1.807, 2.05) is 24.3 Å². The Kier molecular flexibility index (Phi) is 6.26. The molecule has 5 nitrogen and oxygen atoms in total. The monoisotopic (exact) mass is 334 g/mol. The number of amides is 2. The van der Waals surface area contributed by atoms with Gasteiger partial charge in [0.2, 0.25) is 0 Å². The summed E-state index contributed by atoms with van der Waals surface area (Å²) in [6.07, 6.45) is 0. The van der Waals surface area contributed by atoms with E-state index in [0.717, 1.165) is 11.1 Å². The van der Waals surface area contributed by atoms with Crippen LogP contribution >= 0.6 is 11.6 Å². The molecule has 0 radical (unpaired) electrons. The molecule has 2 aromatic rings. The number of anilines is 1. The molecular formula is C17H19ClN2O3. The molecule has 0 aliphatic heterocycles.